The Bertz CT molecular complexity index is 833. The molecule has 1 aromatic carbocycles. The Balaban J connectivity index is 1.86. The molecule has 2 aromatic rings. The Morgan fingerprint density at radius 3 is 2.92 bits per heavy atom. The fourth-order valence-electron chi connectivity index (χ4n) is 3.47. The Labute approximate surface area is 164 Å². The van der Waals surface area contributed by atoms with E-state index in [4.69, 9.17) is 21.3 Å². The number of benzene rings is 1. The molecule has 3 heterocycles. The van der Waals surface area contributed by atoms with Gasteiger partial charge >= 0.3 is 0 Å². The highest BCUT2D eigenvalue weighted by Crippen LogP contribution is 2.51. The molecule has 4 rings (SSSR count). The van der Waals surface area contributed by atoms with Gasteiger partial charge in [-0.2, -0.15) is 0 Å². The topological polar surface area (TPSA) is 37.7 Å². The molecule has 4 nitrogen and oxygen atoms in total. The SMILES string of the molecule is COc1c(Br)cc(Cl)cc1[C@H]1[C@H](c2ccccn2)N=C2S[C@@H](C)CN21. The number of hydrogen-bond donors (Lipinski definition) is 0. The molecule has 2 aliphatic rings. The monoisotopic (exact) mass is 437 g/mol. The summed E-state index contributed by atoms with van der Waals surface area (Å²) in [6, 6.07) is 9.75. The Hall–Kier alpha value is -1.24. The van der Waals surface area contributed by atoms with Crippen LogP contribution < -0.4 is 4.74 Å². The number of rotatable bonds is 3. The van der Waals surface area contributed by atoms with Gasteiger partial charge in [-0.15, -0.1) is 0 Å². The van der Waals surface area contributed by atoms with E-state index in [9.17, 15) is 0 Å². The molecule has 130 valence electrons. The van der Waals surface area contributed by atoms with Crippen LogP contribution >= 0.6 is 39.3 Å². The summed E-state index contributed by atoms with van der Waals surface area (Å²) in [6.07, 6.45) is 1.82. The van der Waals surface area contributed by atoms with Crippen LogP contribution in [0.2, 0.25) is 5.02 Å². The van der Waals surface area contributed by atoms with Crippen LogP contribution in [-0.4, -0.2) is 34.0 Å². The van der Waals surface area contributed by atoms with Crippen molar-refractivity contribution in [1.82, 2.24) is 9.88 Å². The maximum absolute atomic E-state index is 6.36. The van der Waals surface area contributed by atoms with Gasteiger partial charge in [0, 0.05) is 28.6 Å². The summed E-state index contributed by atoms with van der Waals surface area (Å²) in [5.41, 5.74) is 1.99. The van der Waals surface area contributed by atoms with E-state index in [1.807, 2.05) is 48.3 Å². The zero-order valence-corrected chi connectivity index (χ0v) is 17.0. The number of pyridine rings is 1. The predicted octanol–water partition coefficient (Wildman–Crippen LogP) is 5.10. The van der Waals surface area contributed by atoms with E-state index < -0.39 is 0 Å². The lowest BCUT2D eigenvalue weighted by atomic mass is 9.95. The van der Waals surface area contributed by atoms with E-state index in [-0.39, 0.29) is 12.1 Å². The largest absolute Gasteiger partial charge is 0.495 e. The van der Waals surface area contributed by atoms with E-state index in [1.165, 1.54) is 0 Å². The third-order valence-corrected chi connectivity index (χ3v) is 6.35. The van der Waals surface area contributed by atoms with Crippen LogP contribution in [0, 0.1) is 0 Å². The van der Waals surface area contributed by atoms with Gasteiger partial charge in [-0.3, -0.25) is 9.98 Å². The second-order valence-corrected chi connectivity index (χ2v) is 8.84. The van der Waals surface area contributed by atoms with Crippen molar-refractivity contribution >= 4 is 44.5 Å². The molecule has 1 saturated heterocycles. The number of halogens is 2. The minimum absolute atomic E-state index is 0.0206. The lowest BCUT2D eigenvalue weighted by Gasteiger charge is -2.29. The Morgan fingerprint density at radius 1 is 1.36 bits per heavy atom. The third kappa shape index (κ3) is 3.04. The lowest BCUT2D eigenvalue weighted by Crippen LogP contribution is -2.29. The number of ether oxygens (including phenoxy) is 1. The first kappa shape index (κ1) is 17.2. The molecule has 0 unspecified atom stereocenters. The number of fused-ring (bicyclic) bond motifs is 1. The summed E-state index contributed by atoms with van der Waals surface area (Å²) in [5, 5.41) is 2.27. The highest BCUT2D eigenvalue weighted by atomic mass is 79.9. The summed E-state index contributed by atoms with van der Waals surface area (Å²) in [4.78, 5) is 11.9. The van der Waals surface area contributed by atoms with Crippen molar-refractivity contribution in [2.24, 2.45) is 4.99 Å². The van der Waals surface area contributed by atoms with Gasteiger partial charge in [0.05, 0.1) is 23.3 Å². The van der Waals surface area contributed by atoms with E-state index in [0.29, 0.717) is 10.3 Å². The standard InChI is InChI=1S/C18H17BrClN3OS/c1-10-9-23-16(12-7-11(20)8-13(19)17(12)24-2)15(22-18(23)25-10)14-5-3-4-6-21-14/h3-8,10,15-16H,9H2,1-2H3/t10-,15-,16-/m0/s1. The second-order valence-electron chi connectivity index (χ2n) is 6.15. The summed E-state index contributed by atoms with van der Waals surface area (Å²) in [7, 11) is 1.69. The van der Waals surface area contributed by atoms with Crippen molar-refractivity contribution in [2.75, 3.05) is 13.7 Å². The minimum atomic E-state index is -0.0736. The first-order valence-corrected chi connectivity index (χ1v) is 10.1. The number of aromatic nitrogens is 1. The lowest BCUT2D eigenvalue weighted by molar-refractivity contribution is 0.307. The van der Waals surface area contributed by atoms with E-state index >= 15 is 0 Å². The molecular formula is C18H17BrClN3OS. The fourth-order valence-corrected chi connectivity index (χ4v) is 5.56. The van der Waals surface area contributed by atoms with Crippen LogP contribution in [0.4, 0.5) is 0 Å². The van der Waals surface area contributed by atoms with E-state index in [1.54, 1.807) is 7.11 Å². The molecular weight excluding hydrogens is 422 g/mol. The maximum atomic E-state index is 6.36. The molecule has 0 amide bonds. The maximum Gasteiger partial charge on any atom is 0.160 e. The van der Waals surface area contributed by atoms with Crippen LogP contribution in [0.1, 0.15) is 30.3 Å². The number of nitrogens with zero attached hydrogens (tertiary/aromatic N) is 3. The van der Waals surface area contributed by atoms with Gasteiger partial charge < -0.3 is 9.64 Å². The molecule has 1 fully saturated rings. The molecule has 25 heavy (non-hydrogen) atoms. The van der Waals surface area contributed by atoms with Gasteiger partial charge in [-0.25, -0.2) is 0 Å². The molecule has 0 radical (unpaired) electrons. The molecule has 0 spiro atoms. The Morgan fingerprint density at radius 2 is 2.20 bits per heavy atom. The molecule has 1 aromatic heterocycles. The average Bonchev–Trinajstić information content (AvgIpc) is 3.10. The number of aliphatic imine (C=N–C) groups is 1. The first-order chi connectivity index (χ1) is 12.1. The average molecular weight is 439 g/mol. The molecule has 7 heteroatoms. The van der Waals surface area contributed by atoms with Crippen molar-refractivity contribution < 1.29 is 4.74 Å². The quantitative estimate of drug-likeness (QED) is 0.668. The van der Waals surface area contributed by atoms with Gasteiger partial charge in [-0.1, -0.05) is 36.4 Å². The Kier molecular flexibility index (Phi) is 4.69. The van der Waals surface area contributed by atoms with Crippen molar-refractivity contribution in [1.29, 1.82) is 0 Å². The second kappa shape index (κ2) is 6.82. The van der Waals surface area contributed by atoms with Crippen molar-refractivity contribution in [3.8, 4) is 5.75 Å². The van der Waals surface area contributed by atoms with Crippen molar-refractivity contribution in [3.63, 3.8) is 0 Å². The van der Waals surface area contributed by atoms with Gasteiger partial charge in [0.25, 0.3) is 0 Å². The molecule has 2 aliphatic heterocycles. The highest BCUT2D eigenvalue weighted by Gasteiger charge is 2.44. The number of methoxy groups -OCH3 is 1. The minimum Gasteiger partial charge on any atom is -0.495 e. The van der Waals surface area contributed by atoms with Gasteiger partial charge in [0.15, 0.2) is 5.17 Å². The smallest absolute Gasteiger partial charge is 0.160 e. The van der Waals surface area contributed by atoms with Crippen LogP contribution in [0.25, 0.3) is 0 Å². The van der Waals surface area contributed by atoms with Crippen molar-refractivity contribution in [3.05, 3.63) is 57.3 Å². The molecule has 0 saturated carbocycles. The van der Waals surface area contributed by atoms with Crippen LogP contribution in [0.15, 0.2) is 46.0 Å². The van der Waals surface area contributed by atoms with E-state index in [2.05, 4.69) is 32.7 Å². The zero-order valence-electron chi connectivity index (χ0n) is 13.8. The van der Waals surface area contributed by atoms with Crippen LogP contribution in [-0.2, 0) is 0 Å². The summed E-state index contributed by atoms with van der Waals surface area (Å²) in [5.74, 6) is 0.802. The third-order valence-electron chi connectivity index (χ3n) is 4.44. The van der Waals surface area contributed by atoms with Crippen LogP contribution in [0.3, 0.4) is 0 Å². The molecule has 0 bridgehead atoms. The molecule has 0 aliphatic carbocycles. The fraction of sp³-hybridized carbons (Fsp3) is 0.333. The number of amidine groups is 1. The van der Waals surface area contributed by atoms with E-state index in [0.717, 1.165) is 33.2 Å². The molecule has 0 N–H and O–H groups in total. The van der Waals surface area contributed by atoms with Gasteiger partial charge in [0.1, 0.15) is 11.8 Å². The predicted molar refractivity (Wildman–Crippen MR) is 107 cm³/mol. The highest BCUT2D eigenvalue weighted by molar-refractivity contribution is 9.10. The number of hydrogen-bond acceptors (Lipinski definition) is 5. The first-order valence-electron chi connectivity index (χ1n) is 8.03. The summed E-state index contributed by atoms with van der Waals surface area (Å²) < 4.78 is 6.55. The van der Waals surface area contributed by atoms with Crippen LogP contribution in [0.5, 0.6) is 5.75 Å². The number of thioether (sulfide) groups is 1. The van der Waals surface area contributed by atoms with Gasteiger partial charge in [0.2, 0.25) is 0 Å². The van der Waals surface area contributed by atoms with Crippen molar-refractivity contribution in [2.45, 2.75) is 24.3 Å². The summed E-state index contributed by atoms with van der Waals surface area (Å²) >= 11 is 11.8. The van der Waals surface area contributed by atoms with Gasteiger partial charge in [-0.05, 0) is 40.2 Å². The summed E-state index contributed by atoms with van der Waals surface area (Å²) in [6.45, 7) is 3.17. The normalized spacial score (nSPS) is 25.0. The zero-order chi connectivity index (χ0) is 17.6. The molecule has 3 atom stereocenters.